The molecule has 0 saturated carbocycles. The molecule has 0 aliphatic carbocycles. The third kappa shape index (κ3) is 3.65. The van der Waals surface area contributed by atoms with Crippen LogP contribution in [0.5, 0.6) is 0 Å². The molecule has 1 unspecified atom stereocenters. The van der Waals surface area contributed by atoms with Crippen LogP contribution in [-0.2, 0) is 10.0 Å². The van der Waals surface area contributed by atoms with Gasteiger partial charge in [0.1, 0.15) is 10.7 Å². The number of aryl methyl sites for hydroxylation is 1. The van der Waals surface area contributed by atoms with E-state index in [1.165, 1.54) is 10.4 Å². The van der Waals surface area contributed by atoms with Crippen molar-refractivity contribution in [3.8, 4) is 0 Å². The molecule has 1 aromatic rings. The lowest BCUT2D eigenvalue weighted by Crippen LogP contribution is -2.38. The van der Waals surface area contributed by atoms with Crippen molar-refractivity contribution in [2.24, 2.45) is 5.92 Å². The van der Waals surface area contributed by atoms with Gasteiger partial charge in [0.2, 0.25) is 10.0 Å². The maximum atomic E-state index is 12.6. The van der Waals surface area contributed by atoms with Gasteiger partial charge in [0.05, 0.1) is 0 Å². The molecule has 0 spiro atoms. The van der Waals surface area contributed by atoms with Gasteiger partial charge in [0.15, 0.2) is 5.76 Å². The lowest BCUT2D eigenvalue weighted by molar-refractivity contribution is 0.0915. The number of nitrogens with one attached hydrogen (secondary N) is 2. The molecule has 8 heteroatoms. The third-order valence-electron chi connectivity index (χ3n) is 4.73. The van der Waals surface area contributed by atoms with Crippen LogP contribution < -0.4 is 10.6 Å². The number of hydrogen-bond acceptors (Lipinski definition) is 5. The van der Waals surface area contributed by atoms with Gasteiger partial charge >= 0.3 is 0 Å². The molecule has 1 atom stereocenters. The minimum absolute atomic E-state index is 0.0639. The highest BCUT2D eigenvalue weighted by Crippen LogP contribution is 2.26. The van der Waals surface area contributed by atoms with Crippen LogP contribution in [0.1, 0.15) is 42.0 Å². The Kier molecular flexibility index (Phi) is 5.27. The van der Waals surface area contributed by atoms with E-state index < -0.39 is 10.0 Å². The zero-order valence-corrected chi connectivity index (χ0v) is 14.8. The summed E-state index contributed by atoms with van der Waals surface area (Å²) in [5.74, 6) is 0.388. The molecule has 2 N–H and O–H groups in total. The van der Waals surface area contributed by atoms with Gasteiger partial charge < -0.3 is 15.1 Å². The Morgan fingerprint density at radius 1 is 1.38 bits per heavy atom. The molecule has 0 bridgehead atoms. The first-order valence-electron chi connectivity index (χ1n) is 8.58. The highest BCUT2D eigenvalue weighted by molar-refractivity contribution is 7.89. The Bertz CT molecular complexity index is 686. The van der Waals surface area contributed by atoms with Crippen molar-refractivity contribution < 1.29 is 17.6 Å². The van der Waals surface area contributed by atoms with Gasteiger partial charge in [-0.25, -0.2) is 8.42 Å². The van der Waals surface area contributed by atoms with E-state index in [9.17, 15) is 13.2 Å². The van der Waals surface area contributed by atoms with Crippen LogP contribution in [0.3, 0.4) is 0 Å². The normalized spacial score (nSPS) is 22.6. The Morgan fingerprint density at radius 2 is 2.12 bits per heavy atom. The van der Waals surface area contributed by atoms with E-state index in [2.05, 4.69) is 10.6 Å². The first-order chi connectivity index (χ1) is 11.5. The number of carbonyl (C=O) groups is 1. The molecule has 1 amide bonds. The number of carbonyl (C=O) groups excluding carboxylic acids is 1. The van der Waals surface area contributed by atoms with E-state index in [0.29, 0.717) is 25.6 Å². The first kappa shape index (κ1) is 17.4. The molecule has 0 radical (unpaired) electrons. The summed E-state index contributed by atoms with van der Waals surface area (Å²) in [7, 11) is -3.57. The van der Waals surface area contributed by atoms with Crippen molar-refractivity contribution in [1.82, 2.24) is 14.9 Å². The summed E-state index contributed by atoms with van der Waals surface area (Å²) >= 11 is 0. The molecule has 0 aromatic carbocycles. The predicted octanol–water partition coefficient (Wildman–Crippen LogP) is 1.10. The highest BCUT2D eigenvalue weighted by atomic mass is 32.2. The molecule has 134 valence electrons. The van der Waals surface area contributed by atoms with Gasteiger partial charge in [0, 0.05) is 25.7 Å². The van der Waals surface area contributed by atoms with Crippen molar-refractivity contribution in [3.63, 3.8) is 0 Å². The molecule has 24 heavy (non-hydrogen) atoms. The Hall–Kier alpha value is -1.38. The average molecular weight is 355 g/mol. The molecule has 2 saturated heterocycles. The second-order valence-electron chi connectivity index (χ2n) is 6.56. The summed E-state index contributed by atoms with van der Waals surface area (Å²) in [6.45, 7) is 5.14. The van der Waals surface area contributed by atoms with Crippen LogP contribution in [0.2, 0.25) is 0 Å². The smallest absolute Gasteiger partial charge is 0.287 e. The van der Waals surface area contributed by atoms with Gasteiger partial charge in [-0.2, -0.15) is 4.31 Å². The molecule has 3 heterocycles. The maximum absolute atomic E-state index is 12.6. The predicted molar refractivity (Wildman–Crippen MR) is 89.4 cm³/mol. The lowest BCUT2D eigenvalue weighted by Gasteiger charge is -2.22. The van der Waals surface area contributed by atoms with E-state index in [1.807, 2.05) is 0 Å². The minimum Gasteiger partial charge on any atom is -0.455 e. The van der Waals surface area contributed by atoms with Crippen LogP contribution in [-0.4, -0.2) is 51.4 Å². The summed E-state index contributed by atoms with van der Waals surface area (Å²) in [5, 5.41) is 6.15. The number of sulfonamides is 1. The topological polar surface area (TPSA) is 91.6 Å². The van der Waals surface area contributed by atoms with Gasteiger partial charge in [-0.3, -0.25) is 4.79 Å². The summed E-state index contributed by atoms with van der Waals surface area (Å²) in [6, 6.07) is 1.36. The van der Waals surface area contributed by atoms with E-state index >= 15 is 0 Å². The van der Waals surface area contributed by atoms with Gasteiger partial charge in [-0.05, 0) is 51.6 Å². The number of nitrogens with zero attached hydrogens (tertiary/aromatic N) is 1. The van der Waals surface area contributed by atoms with Crippen molar-refractivity contribution in [2.45, 2.75) is 37.5 Å². The van der Waals surface area contributed by atoms with Crippen LogP contribution in [0.25, 0.3) is 0 Å². The van der Waals surface area contributed by atoms with E-state index in [1.54, 1.807) is 6.92 Å². The number of piperidine rings is 1. The quantitative estimate of drug-likeness (QED) is 0.825. The molecule has 2 aliphatic rings. The highest BCUT2D eigenvalue weighted by Gasteiger charge is 2.31. The number of rotatable bonds is 5. The summed E-state index contributed by atoms with van der Waals surface area (Å²) in [4.78, 5) is 12.4. The molecule has 7 nitrogen and oxygen atoms in total. The lowest BCUT2D eigenvalue weighted by atomic mass is 10.00. The SMILES string of the molecule is Cc1oc(C(=O)NCC2CCCNC2)cc1S(=O)(=O)N1CCCC1. The van der Waals surface area contributed by atoms with Gasteiger partial charge in [-0.1, -0.05) is 0 Å². The van der Waals surface area contributed by atoms with Crippen molar-refractivity contribution in [2.75, 3.05) is 32.7 Å². The van der Waals surface area contributed by atoms with Crippen LogP contribution in [0.4, 0.5) is 0 Å². The summed E-state index contributed by atoms with van der Waals surface area (Å²) < 4.78 is 32.1. The number of amides is 1. The molecule has 3 rings (SSSR count). The number of furan rings is 1. The fraction of sp³-hybridized carbons (Fsp3) is 0.688. The average Bonchev–Trinajstić information content (AvgIpc) is 3.23. The molecular weight excluding hydrogens is 330 g/mol. The summed E-state index contributed by atoms with van der Waals surface area (Å²) in [5.41, 5.74) is 0. The fourth-order valence-corrected chi connectivity index (χ4v) is 5.00. The van der Waals surface area contributed by atoms with Crippen molar-refractivity contribution in [3.05, 3.63) is 17.6 Å². The second-order valence-corrected chi connectivity index (χ2v) is 8.47. The monoisotopic (exact) mass is 355 g/mol. The first-order valence-corrected chi connectivity index (χ1v) is 10.0. The Balaban J connectivity index is 1.67. The van der Waals surface area contributed by atoms with Gasteiger partial charge in [0.25, 0.3) is 5.91 Å². The zero-order valence-electron chi connectivity index (χ0n) is 14.0. The zero-order chi connectivity index (χ0) is 17.2. The van der Waals surface area contributed by atoms with E-state index in [-0.39, 0.29) is 22.3 Å². The van der Waals surface area contributed by atoms with Crippen molar-refractivity contribution >= 4 is 15.9 Å². The second kappa shape index (κ2) is 7.25. The fourth-order valence-electron chi connectivity index (χ4n) is 3.32. The minimum atomic E-state index is -3.57. The van der Waals surface area contributed by atoms with E-state index in [0.717, 1.165) is 38.8 Å². The molecule has 1 aromatic heterocycles. The maximum Gasteiger partial charge on any atom is 0.287 e. The molecule has 2 fully saturated rings. The Labute approximate surface area is 142 Å². The largest absolute Gasteiger partial charge is 0.455 e. The third-order valence-corrected chi connectivity index (χ3v) is 6.74. The molecule has 2 aliphatic heterocycles. The standard InChI is InChI=1S/C16H25N3O4S/c1-12-15(24(21,22)19-7-2-3-8-19)9-14(23-12)16(20)18-11-13-5-4-6-17-10-13/h9,13,17H,2-8,10-11H2,1H3,(H,18,20). The molecular formula is C16H25N3O4S. The summed E-state index contributed by atoms with van der Waals surface area (Å²) in [6.07, 6.45) is 3.94. The van der Waals surface area contributed by atoms with E-state index in [4.69, 9.17) is 4.42 Å². The van der Waals surface area contributed by atoms with Crippen molar-refractivity contribution in [1.29, 1.82) is 0 Å². The van der Waals surface area contributed by atoms with Crippen LogP contribution in [0.15, 0.2) is 15.4 Å². The number of hydrogen-bond donors (Lipinski definition) is 2. The van der Waals surface area contributed by atoms with Crippen LogP contribution in [0, 0.1) is 12.8 Å². The van der Waals surface area contributed by atoms with Gasteiger partial charge in [-0.15, -0.1) is 0 Å². The Morgan fingerprint density at radius 3 is 2.79 bits per heavy atom. The van der Waals surface area contributed by atoms with Crippen LogP contribution >= 0.6 is 0 Å².